The lowest BCUT2D eigenvalue weighted by Crippen LogP contribution is -2.48. The maximum absolute atomic E-state index is 13.9. The first-order valence-corrected chi connectivity index (χ1v) is 12.0. The summed E-state index contributed by atoms with van der Waals surface area (Å²) in [5.74, 6) is -1.33. The molecule has 0 spiro atoms. The monoisotopic (exact) mass is 487 g/mol. The van der Waals surface area contributed by atoms with E-state index < -0.39 is 26.6 Å². The summed E-state index contributed by atoms with van der Waals surface area (Å²) in [5.41, 5.74) is 1.50. The average Bonchev–Trinajstić information content (AvgIpc) is 2.85. The number of anilines is 2. The van der Waals surface area contributed by atoms with Crippen LogP contribution in [0.15, 0.2) is 71.6 Å². The predicted octanol–water partition coefficient (Wildman–Crippen LogP) is 3.74. The summed E-state index contributed by atoms with van der Waals surface area (Å²) < 4.78 is 59.7. The molecule has 3 aromatic carbocycles. The van der Waals surface area contributed by atoms with Gasteiger partial charge in [-0.2, -0.15) is 0 Å². The van der Waals surface area contributed by atoms with E-state index in [2.05, 4.69) is 9.62 Å². The summed E-state index contributed by atoms with van der Waals surface area (Å²) in [6.07, 6.45) is 0. The molecule has 7 nitrogen and oxygen atoms in total. The van der Waals surface area contributed by atoms with E-state index in [0.29, 0.717) is 37.8 Å². The number of rotatable bonds is 6. The molecule has 1 saturated heterocycles. The van der Waals surface area contributed by atoms with Crippen LogP contribution in [0.5, 0.6) is 5.75 Å². The Kier molecular flexibility index (Phi) is 6.69. The third-order valence-corrected chi connectivity index (χ3v) is 6.96. The van der Waals surface area contributed by atoms with Gasteiger partial charge in [-0.05, 0) is 54.6 Å². The quantitative estimate of drug-likeness (QED) is 0.573. The van der Waals surface area contributed by atoms with Crippen LogP contribution in [0, 0.1) is 11.6 Å². The van der Waals surface area contributed by atoms with Gasteiger partial charge >= 0.3 is 0 Å². The number of amides is 1. The van der Waals surface area contributed by atoms with Gasteiger partial charge in [0.1, 0.15) is 22.3 Å². The molecule has 0 aromatic heterocycles. The van der Waals surface area contributed by atoms with Crippen LogP contribution in [0.3, 0.4) is 0 Å². The number of nitrogens with one attached hydrogen (secondary N) is 1. The third-order valence-electron chi connectivity index (χ3n) is 5.56. The van der Waals surface area contributed by atoms with Crippen LogP contribution in [-0.2, 0) is 10.0 Å². The molecule has 1 aliphatic rings. The second-order valence-corrected chi connectivity index (χ2v) is 9.36. The fourth-order valence-electron chi connectivity index (χ4n) is 3.80. The van der Waals surface area contributed by atoms with E-state index >= 15 is 0 Å². The number of benzene rings is 3. The van der Waals surface area contributed by atoms with Crippen LogP contribution in [-0.4, -0.2) is 52.5 Å². The zero-order valence-electron chi connectivity index (χ0n) is 18.4. The van der Waals surface area contributed by atoms with Crippen molar-refractivity contribution in [3.8, 4) is 5.75 Å². The molecule has 0 radical (unpaired) electrons. The minimum atomic E-state index is -4.33. The number of hydrogen-bond acceptors (Lipinski definition) is 5. The zero-order valence-corrected chi connectivity index (χ0v) is 19.2. The molecule has 1 fully saturated rings. The second-order valence-electron chi connectivity index (χ2n) is 7.71. The molecule has 0 atom stereocenters. The highest BCUT2D eigenvalue weighted by molar-refractivity contribution is 7.92. The smallest absolute Gasteiger partial charge is 0.264 e. The van der Waals surface area contributed by atoms with Crippen LogP contribution >= 0.6 is 0 Å². The Bertz CT molecular complexity index is 1290. The van der Waals surface area contributed by atoms with Gasteiger partial charge in [-0.15, -0.1) is 0 Å². The molecule has 4 rings (SSSR count). The van der Waals surface area contributed by atoms with Crippen molar-refractivity contribution in [2.24, 2.45) is 0 Å². The summed E-state index contributed by atoms with van der Waals surface area (Å²) in [5, 5.41) is 0. The van der Waals surface area contributed by atoms with Crippen molar-refractivity contribution < 1.29 is 26.7 Å². The number of halogens is 2. The molecule has 0 bridgehead atoms. The summed E-state index contributed by atoms with van der Waals surface area (Å²) in [4.78, 5) is 16.0. The van der Waals surface area contributed by atoms with Crippen molar-refractivity contribution >= 4 is 27.3 Å². The maximum Gasteiger partial charge on any atom is 0.264 e. The van der Waals surface area contributed by atoms with E-state index in [-0.39, 0.29) is 11.6 Å². The van der Waals surface area contributed by atoms with Gasteiger partial charge in [-0.3, -0.25) is 9.52 Å². The van der Waals surface area contributed by atoms with Gasteiger partial charge in [0, 0.05) is 37.4 Å². The molecule has 0 unspecified atom stereocenters. The van der Waals surface area contributed by atoms with E-state index in [4.69, 9.17) is 4.74 Å². The number of piperazine rings is 1. The van der Waals surface area contributed by atoms with Crippen LogP contribution in [0.25, 0.3) is 0 Å². The first kappa shape index (κ1) is 23.5. The molecule has 1 aliphatic heterocycles. The Balaban J connectivity index is 1.40. The van der Waals surface area contributed by atoms with Crippen LogP contribution < -0.4 is 14.4 Å². The van der Waals surface area contributed by atoms with E-state index in [9.17, 15) is 22.0 Å². The molecular weight excluding hydrogens is 464 g/mol. The first-order valence-electron chi connectivity index (χ1n) is 10.5. The molecule has 1 heterocycles. The molecule has 1 amide bonds. The number of methoxy groups -OCH3 is 1. The standard InChI is InChI=1S/C24H23F2N3O4S/c1-33-22-5-3-2-4-21(22)28-12-14-29(15-13-28)24(30)17-6-9-19(10-7-17)27-34(31,32)23-16-18(25)8-11-20(23)26/h2-11,16,27H,12-15H2,1H3. The summed E-state index contributed by atoms with van der Waals surface area (Å²) in [7, 11) is -2.71. The third kappa shape index (κ3) is 4.96. The Morgan fingerprint density at radius 2 is 1.62 bits per heavy atom. The van der Waals surface area contributed by atoms with E-state index in [0.717, 1.165) is 23.6 Å². The predicted molar refractivity (Wildman–Crippen MR) is 125 cm³/mol. The summed E-state index contributed by atoms with van der Waals surface area (Å²) in [6, 6.07) is 15.7. The molecule has 0 saturated carbocycles. The Labute approximate surface area is 196 Å². The fourth-order valence-corrected chi connectivity index (χ4v) is 4.95. The molecule has 1 N–H and O–H groups in total. The molecule has 0 aliphatic carbocycles. The van der Waals surface area contributed by atoms with Crippen molar-refractivity contribution in [3.63, 3.8) is 0 Å². The fraction of sp³-hybridized carbons (Fsp3) is 0.208. The van der Waals surface area contributed by atoms with Crippen molar-refractivity contribution in [3.05, 3.63) is 83.9 Å². The lowest BCUT2D eigenvalue weighted by molar-refractivity contribution is 0.0746. The number of ether oxygens (including phenoxy) is 1. The highest BCUT2D eigenvalue weighted by Gasteiger charge is 2.24. The van der Waals surface area contributed by atoms with Gasteiger partial charge in [0.2, 0.25) is 0 Å². The molecule has 10 heteroatoms. The Morgan fingerprint density at radius 1 is 0.941 bits per heavy atom. The largest absolute Gasteiger partial charge is 0.495 e. The molecular formula is C24H23F2N3O4S. The van der Waals surface area contributed by atoms with E-state index in [1.54, 1.807) is 12.0 Å². The van der Waals surface area contributed by atoms with Gasteiger partial charge in [-0.25, -0.2) is 17.2 Å². The minimum Gasteiger partial charge on any atom is -0.495 e. The first-order chi connectivity index (χ1) is 16.3. The summed E-state index contributed by atoms with van der Waals surface area (Å²) >= 11 is 0. The lowest BCUT2D eigenvalue weighted by atomic mass is 10.1. The van der Waals surface area contributed by atoms with Crippen molar-refractivity contribution in [2.75, 3.05) is 42.9 Å². The topological polar surface area (TPSA) is 79.0 Å². The lowest BCUT2D eigenvalue weighted by Gasteiger charge is -2.36. The van der Waals surface area contributed by atoms with Crippen LogP contribution in [0.1, 0.15) is 10.4 Å². The number of para-hydroxylation sites is 2. The number of nitrogens with zero attached hydrogens (tertiary/aromatic N) is 2. The van der Waals surface area contributed by atoms with E-state index in [1.807, 2.05) is 24.3 Å². The SMILES string of the molecule is COc1ccccc1N1CCN(C(=O)c2ccc(NS(=O)(=O)c3cc(F)ccc3F)cc2)CC1. The van der Waals surface area contributed by atoms with Crippen LogP contribution in [0.4, 0.5) is 20.2 Å². The van der Waals surface area contributed by atoms with Gasteiger partial charge in [0.05, 0.1) is 12.8 Å². The van der Waals surface area contributed by atoms with Gasteiger partial charge in [-0.1, -0.05) is 12.1 Å². The summed E-state index contributed by atoms with van der Waals surface area (Å²) in [6.45, 7) is 2.32. The second kappa shape index (κ2) is 9.68. The van der Waals surface area contributed by atoms with Gasteiger partial charge < -0.3 is 14.5 Å². The van der Waals surface area contributed by atoms with Crippen LogP contribution in [0.2, 0.25) is 0 Å². The molecule has 34 heavy (non-hydrogen) atoms. The number of sulfonamides is 1. The van der Waals surface area contributed by atoms with E-state index in [1.165, 1.54) is 24.3 Å². The average molecular weight is 488 g/mol. The van der Waals surface area contributed by atoms with Crippen molar-refractivity contribution in [1.82, 2.24) is 4.90 Å². The van der Waals surface area contributed by atoms with Crippen molar-refractivity contribution in [2.45, 2.75) is 4.90 Å². The zero-order chi connectivity index (χ0) is 24.3. The normalized spacial score (nSPS) is 14.1. The maximum atomic E-state index is 13.9. The minimum absolute atomic E-state index is 0.126. The highest BCUT2D eigenvalue weighted by atomic mass is 32.2. The Hall–Kier alpha value is -3.66. The number of hydrogen-bond donors (Lipinski definition) is 1. The highest BCUT2D eigenvalue weighted by Crippen LogP contribution is 2.28. The number of carbonyl (C=O) groups excluding carboxylic acids is 1. The molecule has 3 aromatic rings. The van der Waals surface area contributed by atoms with Gasteiger partial charge in [0.15, 0.2) is 0 Å². The molecule has 178 valence electrons. The van der Waals surface area contributed by atoms with Crippen molar-refractivity contribution in [1.29, 1.82) is 0 Å². The number of carbonyl (C=O) groups is 1. The Morgan fingerprint density at radius 3 is 2.29 bits per heavy atom. The van der Waals surface area contributed by atoms with Gasteiger partial charge in [0.25, 0.3) is 15.9 Å².